The molecule has 0 atom stereocenters. The second-order valence-corrected chi connectivity index (χ2v) is 9.17. The number of rotatable bonds is 6. The van der Waals surface area contributed by atoms with Crippen molar-refractivity contribution in [1.82, 2.24) is 0 Å². The van der Waals surface area contributed by atoms with Gasteiger partial charge in [-0.05, 0) is 48.1 Å². The van der Waals surface area contributed by atoms with Crippen LogP contribution < -0.4 is 4.72 Å². The third-order valence-corrected chi connectivity index (χ3v) is 7.12. The quantitative estimate of drug-likeness (QED) is 0.646. The molecule has 1 fully saturated rings. The van der Waals surface area contributed by atoms with E-state index in [0.29, 0.717) is 24.1 Å². The molecule has 5 nitrogen and oxygen atoms in total. The summed E-state index contributed by atoms with van der Waals surface area (Å²) in [5.41, 5.74) is 1.12. The van der Waals surface area contributed by atoms with Crippen LogP contribution in [0.15, 0.2) is 70.9 Å². The second kappa shape index (κ2) is 6.51. The number of para-hydroxylation sites is 1. The van der Waals surface area contributed by atoms with Gasteiger partial charge in [-0.15, -0.1) is 11.3 Å². The molecule has 1 aromatic heterocycles. The van der Waals surface area contributed by atoms with Gasteiger partial charge in [0.1, 0.15) is 0 Å². The standard InChI is InChI=1S/C20H17NO4S2/c22-19(23)20(11-12-20)14-7-9-15(10-8-14)27(24,25)21-17-5-2-1-4-16(17)18-6-3-13-26-18/h1-10,13,21H,11-12H2,(H,22,23). The summed E-state index contributed by atoms with van der Waals surface area (Å²) >= 11 is 1.54. The number of carboxylic acid groups (broad SMARTS) is 1. The SMILES string of the molecule is O=C(O)C1(c2ccc(S(=O)(=O)Nc3ccccc3-c3cccs3)cc2)CC1. The first kappa shape index (κ1) is 17.8. The fraction of sp³-hybridized carbons (Fsp3) is 0.150. The summed E-state index contributed by atoms with van der Waals surface area (Å²) in [4.78, 5) is 12.5. The van der Waals surface area contributed by atoms with Gasteiger partial charge in [0.25, 0.3) is 10.0 Å². The van der Waals surface area contributed by atoms with Crippen molar-refractivity contribution in [3.05, 3.63) is 71.6 Å². The van der Waals surface area contributed by atoms with Crippen LogP contribution in [0, 0.1) is 0 Å². The number of anilines is 1. The Balaban J connectivity index is 1.63. The monoisotopic (exact) mass is 399 g/mol. The molecule has 0 bridgehead atoms. The summed E-state index contributed by atoms with van der Waals surface area (Å²) in [5.74, 6) is -0.860. The highest BCUT2D eigenvalue weighted by Crippen LogP contribution is 2.48. The van der Waals surface area contributed by atoms with Crippen molar-refractivity contribution in [3.8, 4) is 10.4 Å². The van der Waals surface area contributed by atoms with Crippen LogP contribution >= 0.6 is 11.3 Å². The van der Waals surface area contributed by atoms with Gasteiger partial charge in [0.2, 0.25) is 0 Å². The molecule has 1 saturated carbocycles. The van der Waals surface area contributed by atoms with E-state index in [1.165, 1.54) is 23.5 Å². The first-order chi connectivity index (χ1) is 12.9. The Kier molecular flexibility index (Phi) is 4.28. The van der Waals surface area contributed by atoms with Crippen LogP contribution in [0.3, 0.4) is 0 Å². The van der Waals surface area contributed by atoms with Crippen molar-refractivity contribution in [1.29, 1.82) is 0 Å². The van der Waals surface area contributed by atoms with Crippen LogP contribution in [0.4, 0.5) is 5.69 Å². The van der Waals surface area contributed by atoms with Crippen molar-refractivity contribution in [2.75, 3.05) is 4.72 Å². The first-order valence-electron chi connectivity index (χ1n) is 8.42. The second-order valence-electron chi connectivity index (χ2n) is 6.54. The minimum Gasteiger partial charge on any atom is -0.481 e. The number of hydrogen-bond acceptors (Lipinski definition) is 4. The fourth-order valence-corrected chi connectivity index (χ4v) is 4.97. The lowest BCUT2D eigenvalue weighted by Crippen LogP contribution is -2.20. The zero-order valence-corrected chi connectivity index (χ0v) is 15.9. The van der Waals surface area contributed by atoms with Crippen molar-refractivity contribution in [3.63, 3.8) is 0 Å². The molecule has 0 spiro atoms. The average Bonchev–Trinajstić information content (AvgIpc) is 3.30. The summed E-state index contributed by atoms with van der Waals surface area (Å²) in [7, 11) is -3.78. The zero-order chi connectivity index (χ0) is 19.1. The van der Waals surface area contributed by atoms with E-state index in [2.05, 4.69) is 4.72 Å². The maximum absolute atomic E-state index is 12.8. The predicted molar refractivity (Wildman–Crippen MR) is 106 cm³/mol. The summed E-state index contributed by atoms with van der Waals surface area (Å²) < 4.78 is 28.3. The van der Waals surface area contributed by atoms with Crippen molar-refractivity contribution < 1.29 is 18.3 Å². The Morgan fingerprint density at radius 3 is 2.30 bits per heavy atom. The topological polar surface area (TPSA) is 83.5 Å². The molecule has 1 aliphatic carbocycles. The molecule has 0 radical (unpaired) electrons. The van der Waals surface area contributed by atoms with E-state index in [-0.39, 0.29) is 4.90 Å². The van der Waals surface area contributed by atoms with E-state index in [1.807, 2.05) is 29.6 Å². The molecule has 2 N–H and O–H groups in total. The average molecular weight is 399 g/mol. The summed E-state index contributed by atoms with van der Waals surface area (Å²) in [5, 5.41) is 11.3. The van der Waals surface area contributed by atoms with E-state index in [1.54, 1.807) is 24.3 Å². The molecule has 1 heterocycles. The van der Waals surface area contributed by atoms with Gasteiger partial charge in [0.05, 0.1) is 16.0 Å². The Bertz CT molecular complexity index is 1080. The Hall–Kier alpha value is -2.64. The van der Waals surface area contributed by atoms with E-state index >= 15 is 0 Å². The van der Waals surface area contributed by atoms with Crippen LogP contribution in [0.5, 0.6) is 0 Å². The van der Waals surface area contributed by atoms with E-state index in [9.17, 15) is 18.3 Å². The van der Waals surface area contributed by atoms with E-state index in [0.717, 1.165) is 10.4 Å². The fourth-order valence-electron chi connectivity index (χ4n) is 3.13. The maximum atomic E-state index is 12.8. The zero-order valence-electron chi connectivity index (χ0n) is 14.3. The molecule has 2 aromatic carbocycles. The van der Waals surface area contributed by atoms with Gasteiger partial charge in [0, 0.05) is 10.4 Å². The molecule has 138 valence electrons. The maximum Gasteiger partial charge on any atom is 0.314 e. The molecule has 0 amide bonds. The van der Waals surface area contributed by atoms with Crippen molar-refractivity contribution >= 4 is 33.0 Å². The lowest BCUT2D eigenvalue weighted by molar-refractivity contribution is -0.140. The van der Waals surface area contributed by atoms with Gasteiger partial charge in [-0.2, -0.15) is 0 Å². The van der Waals surface area contributed by atoms with Gasteiger partial charge in [-0.25, -0.2) is 8.42 Å². The molecule has 3 aromatic rings. The van der Waals surface area contributed by atoms with Crippen LogP contribution in [-0.4, -0.2) is 19.5 Å². The summed E-state index contributed by atoms with van der Waals surface area (Å²) in [6.07, 6.45) is 1.17. The lowest BCUT2D eigenvalue weighted by atomic mass is 9.96. The molecule has 0 unspecified atom stereocenters. The van der Waals surface area contributed by atoms with Crippen LogP contribution in [0.25, 0.3) is 10.4 Å². The van der Waals surface area contributed by atoms with Gasteiger partial charge in [0.15, 0.2) is 0 Å². The highest BCUT2D eigenvalue weighted by Gasteiger charge is 2.51. The molecular formula is C20H17NO4S2. The molecule has 27 heavy (non-hydrogen) atoms. The third kappa shape index (κ3) is 3.24. The molecule has 7 heteroatoms. The molecule has 0 saturated heterocycles. The van der Waals surface area contributed by atoms with Gasteiger partial charge >= 0.3 is 5.97 Å². The number of carbonyl (C=O) groups is 1. The normalized spacial score (nSPS) is 15.3. The van der Waals surface area contributed by atoms with Crippen molar-refractivity contribution in [2.45, 2.75) is 23.2 Å². The third-order valence-electron chi connectivity index (χ3n) is 4.83. The summed E-state index contributed by atoms with van der Waals surface area (Å²) in [6, 6.07) is 17.2. The van der Waals surface area contributed by atoms with Gasteiger partial charge < -0.3 is 5.11 Å². The van der Waals surface area contributed by atoms with E-state index < -0.39 is 21.4 Å². The molecule has 1 aliphatic rings. The van der Waals surface area contributed by atoms with Gasteiger partial charge in [-0.3, -0.25) is 9.52 Å². The predicted octanol–water partition coefficient (Wildman–Crippen LogP) is 4.33. The van der Waals surface area contributed by atoms with Crippen LogP contribution in [0.2, 0.25) is 0 Å². The highest BCUT2D eigenvalue weighted by molar-refractivity contribution is 7.92. The smallest absolute Gasteiger partial charge is 0.314 e. The summed E-state index contributed by atoms with van der Waals surface area (Å²) in [6.45, 7) is 0. The largest absolute Gasteiger partial charge is 0.481 e. The lowest BCUT2D eigenvalue weighted by Gasteiger charge is -2.14. The number of thiophene rings is 1. The Morgan fingerprint density at radius 1 is 1.00 bits per heavy atom. The first-order valence-corrected chi connectivity index (χ1v) is 10.8. The van der Waals surface area contributed by atoms with E-state index in [4.69, 9.17) is 0 Å². The molecule has 4 rings (SSSR count). The number of benzene rings is 2. The minimum absolute atomic E-state index is 0.105. The Morgan fingerprint density at radius 2 is 1.70 bits per heavy atom. The minimum atomic E-state index is -3.78. The number of aliphatic carboxylic acids is 1. The Labute approximate surface area is 161 Å². The number of nitrogens with one attached hydrogen (secondary N) is 1. The van der Waals surface area contributed by atoms with Gasteiger partial charge in [-0.1, -0.05) is 36.4 Å². The van der Waals surface area contributed by atoms with Crippen molar-refractivity contribution in [2.24, 2.45) is 0 Å². The van der Waals surface area contributed by atoms with Crippen LogP contribution in [-0.2, 0) is 20.2 Å². The van der Waals surface area contributed by atoms with Crippen LogP contribution in [0.1, 0.15) is 18.4 Å². The molecule has 0 aliphatic heterocycles. The number of hydrogen-bond donors (Lipinski definition) is 2. The number of carboxylic acids is 1. The molecular weight excluding hydrogens is 382 g/mol. The number of sulfonamides is 1. The highest BCUT2D eigenvalue weighted by atomic mass is 32.2.